The van der Waals surface area contributed by atoms with E-state index in [1.54, 1.807) is 0 Å². The third kappa shape index (κ3) is 3.23. The minimum absolute atomic E-state index is 0.670. The van der Waals surface area contributed by atoms with E-state index in [-0.39, 0.29) is 0 Å². The number of hydrogen-bond donors (Lipinski definition) is 1. The van der Waals surface area contributed by atoms with Crippen LogP contribution in [-0.4, -0.2) is 36.1 Å². The van der Waals surface area contributed by atoms with Crippen LogP contribution in [0.1, 0.15) is 59.3 Å². The van der Waals surface area contributed by atoms with Crippen molar-refractivity contribution in [1.29, 1.82) is 0 Å². The zero-order valence-electron chi connectivity index (χ0n) is 11.9. The van der Waals surface area contributed by atoms with Gasteiger partial charge in [-0.25, -0.2) is 0 Å². The van der Waals surface area contributed by atoms with Crippen molar-refractivity contribution in [2.24, 2.45) is 5.92 Å². The second kappa shape index (κ2) is 6.19. The van der Waals surface area contributed by atoms with E-state index in [2.05, 4.69) is 31.0 Å². The molecular formula is C15H30N2. The van der Waals surface area contributed by atoms with Crippen LogP contribution >= 0.6 is 0 Å². The maximum atomic E-state index is 3.63. The molecule has 1 saturated heterocycles. The Morgan fingerprint density at radius 2 is 1.94 bits per heavy atom. The predicted molar refractivity (Wildman–Crippen MR) is 74.3 cm³/mol. The molecule has 3 unspecified atom stereocenters. The van der Waals surface area contributed by atoms with Crippen molar-refractivity contribution in [3.8, 4) is 0 Å². The standard InChI is InChI=1S/C15H30N2/c1-4-15-10-16-12(2)11-17(15)13(3)14-8-6-5-7-9-14/h12-16H,4-11H2,1-3H3. The zero-order chi connectivity index (χ0) is 12.3. The van der Waals surface area contributed by atoms with Crippen LogP contribution in [0.4, 0.5) is 0 Å². The second-order valence-corrected chi connectivity index (χ2v) is 6.21. The number of piperazine rings is 1. The molecule has 1 N–H and O–H groups in total. The van der Waals surface area contributed by atoms with Gasteiger partial charge in [-0.1, -0.05) is 26.2 Å². The molecule has 0 aromatic heterocycles. The summed E-state index contributed by atoms with van der Waals surface area (Å²) in [5.74, 6) is 0.961. The van der Waals surface area contributed by atoms with E-state index in [1.807, 2.05) is 0 Å². The lowest BCUT2D eigenvalue weighted by molar-refractivity contribution is 0.0500. The van der Waals surface area contributed by atoms with Gasteiger partial charge in [0.15, 0.2) is 0 Å². The van der Waals surface area contributed by atoms with Gasteiger partial charge in [0.05, 0.1) is 0 Å². The van der Waals surface area contributed by atoms with Crippen molar-refractivity contribution < 1.29 is 0 Å². The first-order valence-electron chi connectivity index (χ1n) is 7.71. The van der Waals surface area contributed by atoms with Crippen molar-refractivity contribution in [1.82, 2.24) is 10.2 Å². The van der Waals surface area contributed by atoms with Crippen molar-refractivity contribution in [2.45, 2.75) is 77.4 Å². The second-order valence-electron chi connectivity index (χ2n) is 6.21. The molecule has 1 heterocycles. The Morgan fingerprint density at radius 3 is 2.59 bits per heavy atom. The lowest BCUT2D eigenvalue weighted by Gasteiger charge is -2.46. The quantitative estimate of drug-likeness (QED) is 0.813. The molecule has 2 nitrogen and oxygen atoms in total. The van der Waals surface area contributed by atoms with Crippen molar-refractivity contribution in [3.05, 3.63) is 0 Å². The van der Waals surface area contributed by atoms with Crippen LogP contribution in [-0.2, 0) is 0 Å². The topological polar surface area (TPSA) is 15.3 Å². The van der Waals surface area contributed by atoms with Gasteiger partial charge in [-0.05, 0) is 39.0 Å². The molecule has 2 rings (SSSR count). The molecule has 1 saturated carbocycles. The average Bonchev–Trinajstić information content (AvgIpc) is 2.39. The van der Waals surface area contributed by atoms with Crippen LogP contribution in [0, 0.1) is 5.92 Å². The Hall–Kier alpha value is -0.0800. The van der Waals surface area contributed by atoms with Gasteiger partial charge in [0.1, 0.15) is 0 Å². The molecule has 2 heteroatoms. The summed E-state index contributed by atoms with van der Waals surface area (Å²) >= 11 is 0. The first-order chi connectivity index (χ1) is 8.22. The van der Waals surface area contributed by atoms with Crippen LogP contribution < -0.4 is 5.32 Å². The summed E-state index contributed by atoms with van der Waals surface area (Å²) in [6, 6.07) is 2.23. The Kier molecular flexibility index (Phi) is 4.87. The molecule has 1 aliphatic carbocycles. The molecule has 2 aliphatic rings. The first kappa shape index (κ1) is 13.4. The summed E-state index contributed by atoms with van der Waals surface area (Å²) in [7, 11) is 0. The van der Waals surface area contributed by atoms with Crippen molar-refractivity contribution in [2.75, 3.05) is 13.1 Å². The Morgan fingerprint density at radius 1 is 1.24 bits per heavy atom. The molecular weight excluding hydrogens is 208 g/mol. The fourth-order valence-electron chi connectivity index (χ4n) is 3.75. The van der Waals surface area contributed by atoms with Crippen LogP contribution in [0.25, 0.3) is 0 Å². The Balaban J connectivity index is 1.96. The van der Waals surface area contributed by atoms with Crippen LogP contribution in [0.2, 0.25) is 0 Å². The third-order valence-corrected chi connectivity index (χ3v) is 4.98. The van der Waals surface area contributed by atoms with E-state index in [0.29, 0.717) is 6.04 Å². The molecule has 0 bridgehead atoms. The van der Waals surface area contributed by atoms with E-state index in [1.165, 1.54) is 51.6 Å². The molecule has 1 aliphatic heterocycles. The number of nitrogens with one attached hydrogen (secondary N) is 1. The summed E-state index contributed by atoms with van der Waals surface area (Å²) < 4.78 is 0. The van der Waals surface area contributed by atoms with Crippen LogP contribution in [0.15, 0.2) is 0 Å². The van der Waals surface area contributed by atoms with Gasteiger partial charge in [0.2, 0.25) is 0 Å². The lowest BCUT2D eigenvalue weighted by atomic mass is 9.83. The molecule has 0 spiro atoms. The highest BCUT2D eigenvalue weighted by molar-refractivity contribution is 4.89. The molecule has 0 amide bonds. The van der Waals surface area contributed by atoms with Gasteiger partial charge in [-0.2, -0.15) is 0 Å². The monoisotopic (exact) mass is 238 g/mol. The third-order valence-electron chi connectivity index (χ3n) is 4.98. The molecule has 0 radical (unpaired) electrons. The SMILES string of the molecule is CCC1CNC(C)CN1C(C)C1CCCCC1. The molecule has 0 aromatic rings. The van der Waals surface area contributed by atoms with Crippen molar-refractivity contribution in [3.63, 3.8) is 0 Å². The normalized spacial score (nSPS) is 34.8. The fraction of sp³-hybridized carbons (Fsp3) is 1.00. The number of rotatable bonds is 3. The minimum atomic E-state index is 0.670. The fourth-order valence-corrected chi connectivity index (χ4v) is 3.75. The summed E-state index contributed by atoms with van der Waals surface area (Å²) in [5.41, 5.74) is 0. The molecule has 0 aromatic carbocycles. The van der Waals surface area contributed by atoms with Crippen molar-refractivity contribution >= 4 is 0 Å². The zero-order valence-corrected chi connectivity index (χ0v) is 11.9. The molecule has 3 atom stereocenters. The van der Waals surface area contributed by atoms with E-state index in [0.717, 1.165) is 18.0 Å². The Labute approximate surface area is 107 Å². The smallest absolute Gasteiger partial charge is 0.0221 e. The van der Waals surface area contributed by atoms with Gasteiger partial charge in [-0.3, -0.25) is 4.90 Å². The summed E-state index contributed by atoms with van der Waals surface area (Å²) in [6.07, 6.45) is 8.63. The van der Waals surface area contributed by atoms with Gasteiger partial charge in [-0.15, -0.1) is 0 Å². The van der Waals surface area contributed by atoms with E-state index < -0.39 is 0 Å². The lowest BCUT2D eigenvalue weighted by Crippen LogP contribution is -2.59. The van der Waals surface area contributed by atoms with E-state index >= 15 is 0 Å². The van der Waals surface area contributed by atoms with E-state index in [4.69, 9.17) is 0 Å². The largest absolute Gasteiger partial charge is 0.311 e. The summed E-state index contributed by atoms with van der Waals surface area (Å²) in [5, 5.41) is 3.63. The summed E-state index contributed by atoms with van der Waals surface area (Å²) in [4.78, 5) is 2.80. The highest BCUT2D eigenvalue weighted by Crippen LogP contribution is 2.30. The molecule has 17 heavy (non-hydrogen) atoms. The summed E-state index contributed by atoms with van der Waals surface area (Å²) in [6.45, 7) is 9.58. The van der Waals surface area contributed by atoms with Gasteiger partial charge < -0.3 is 5.32 Å². The predicted octanol–water partition coefficient (Wildman–Crippen LogP) is 3.03. The highest BCUT2D eigenvalue weighted by atomic mass is 15.3. The van der Waals surface area contributed by atoms with Crippen LogP contribution in [0.3, 0.4) is 0 Å². The number of nitrogens with zero attached hydrogens (tertiary/aromatic N) is 1. The van der Waals surface area contributed by atoms with E-state index in [9.17, 15) is 0 Å². The van der Waals surface area contributed by atoms with Gasteiger partial charge >= 0.3 is 0 Å². The van der Waals surface area contributed by atoms with Gasteiger partial charge in [0, 0.05) is 31.2 Å². The molecule has 2 fully saturated rings. The highest BCUT2D eigenvalue weighted by Gasteiger charge is 2.32. The van der Waals surface area contributed by atoms with Crippen LogP contribution in [0.5, 0.6) is 0 Å². The maximum absolute atomic E-state index is 3.63. The molecule has 100 valence electrons. The van der Waals surface area contributed by atoms with Gasteiger partial charge in [0.25, 0.3) is 0 Å². The maximum Gasteiger partial charge on any atom is 0.0221 e. The average molecular weight is 238 g/mol. The minimum Gasteiger partial charge on any atom is -0.311 e. The first-order valence-corrected chi connectivity index (χ1v) is 7.71. The Bertz CT molecular complexity index is 223. The number of hydrogen-bond acceptors (Lipinski definition) is 2.